The van der Waals surface area contributed by atoms with Crippen molar-refractivity contribution < 1.29 is 19.5 Å². The van der Waals surface area contributed by atoms with E-state index in [-0.39, 0.29) is 24.9 Å². The first-order chi connectivity index (χ1) is 9.69. The summed E-state index contributed by atoms with van der Waals surface area (Å²) in [6, 6.07) is -0.350. The summed E-state index contributed by atoms with van der Waals surface area (Å²) in [6.45, 7) is 5.97. The van der Waals surface area contributed by atoms with Gasteiger partial charge in [-0.25, -0.2) is 4.79 Å². The fraction of sp³-hybridized carbons (Fsp3) is 0.786. The van der Waals surface area contributed by atoms with Crippen molar-refractivity contribution in [1.29, 1.82) is 0 Å². The van der Waals surface area contributed by atoms with Gasteiger partial charge in [-0.3, -0.25) is 9.59 Å². The number of rotatable bonds is 10. The summed E-state index contributed by atoms with van der Waals surface area (Å²) < 4.78 is 0. The zero-order valence-electron chi connectivity index (χ0n) is 13.1. The highest BCUT2D eigenvalue weighted by atomic mass is 16.4. The standard InChI is InChI=1S/C14H27N3O4/c1-4-10(5-6-11(18)19)7-8-16-13(21)17-9-14(2,3)12(15)20/h10H,4-9H2,1-3H3,(H2,15,20)(H,18,19)(H2,16,17,21). The predicted octanol–water partition coefficient (Wildman–Crippen LogP) is 1.08. The molecule has 0 rings (SSSR count). The highest BCUT2D eigenvalue weighted by molar-refractivity contribution is 5.81. The molecule has 1 atom stereocenters. The lowest BCUT2D eigenvalue weighted by Crippen LogP contribution is -2.45. The van der Waals surface area contributed by atoms with Gasteiger partial charge in [-0.2, -0.15) is 0 Å². The number of amides is 3. The van der Waals surface area contributed by atoms with E-state index >= 15 is 0 Å². The molecule has 0 aliphatic rings. The largest absolute Gasteiger partial charge is 0.481 e. The van der Waals surface area contributed by atoms with Gasteiger partial charge in [0.2, 0.25) is 5.91 Å². The topological polar surface area (TPSA) is 122 Å². The zero-order chi connectivity index (χ0) is 16.5. The number of primary amides is 1. The summed E-state index contributed by atoms with van der Waals surface area (Å²) in [5.74, 6) is -0.987. The molecule has 0 heterocycles. The third-order valence-electron chi connectivity index (χ3n) is 3.54. The van der Waals surface area contributed by atoms with Gasteiger partial charge >= 0.3 is 12.0 Å². The molecule has 0 saturated heterocycles. The van der Waals surface area contributed by atoms with Gasteiger partial charge in [-0.1, -0.05) is 13.3 Å². The third kappa shape index (κ3) is 8.88. The molecule has 0 aliphatic heterocycles. The molecule has 1 unspecified atom stereocenters. The van der Waals surface area contributed by atoms with E-state index in [2.05, 4.69) is 10.6 Å². The Balaban J connectivity index is 3.92. The Kier molecular flexibility index (Phi) is 8.42. The molecule has 0 spiro atoms. The molecule has 0 bridgehead atoms. The molecule has 0 fully saturated rings. The lowest BCUT2D eigenvalue weighted by atomic mass is 9.93. The predicted molar refractivity (Wildman–Crippen MR) is 79.6 cm³/mol. The van der Waals surface area contributed by atoms with Crippen LogP contribution in [0, 0.1) is 11.3 Å². The minimum Gasteiger partial charge on any atom is -0.481 e. The number of aliphatic carboxylic acids is 1. The molecule has 21 heavy (non-hydrogen) atoms. The smallest absolute Gasteiger partial charge is 0.314 e. The highest BCUT2D eigenvalue weighted by Crippen LogP contribution is 2.14. The highest BCUT2D eigenvalue weighted by Gasteiger charge is 2.25. The minimum absolute atomic E-state index is 0.150. The number of hydrogen-bond donors (Lipinski definition) is 4. The van der Waals surface area contributed by atoms with Crippen molar-refractivity contribution in [2.75, 3.05) is 13.1 Å². The Morgan fingerprint density at radius 1 is 1.19 bits per heavy atom. The number of carbonyl (C=O) groups excluding carboxylic acids is 2. The number of carboxylic acid groups (broad SMARTS) is 1. The SMILES string of the molecule is CCC(CCNC(=O)NCC(C)(C)C(N)=O)CCC(=O)O. The van der Waals surface area contributed by atoms with Crippen LogP contribution in [0.3, 0.4) is 0 Å². The van der Waals surface area contributed by atoms with Crippen LogP contribution < -0.4 is 16.4 Å². The second kappa shape index (κ2) is 9.20. The monoisotopic (exact) mass is 301 g/mol. The lowest BCUT2D eigenvalue weighted by Gasteiger charge is -2.21. The number of carboxylic acids is 1. The molecule has 3 amide bonds. The maximum absolute atomic E-state index is 11.6. The van der Waals surface area contributed by atoms with Gasteiger partial charge in [0.1, 0.15) is 0 Å². The van der Waals surface area contributed by atoms with Gasteiger partial charge in [-0.15, -0.1) is 0 Å². The van der Waals surface area contributed by atoms with E-state index in [0.717, 1.165) is 12.8 Å². The first kappa shape index (κ1) is 19.2. The molecule has 122 valence electrons. The van der Waals surface area contributed by atoms with Crippen LogP contribution in [0.25, 0.3) is 0 Å². The van der Waals surface area contributed by atoms with Gasteiger partial charge in [0.15, 0.2) is 0 Å². The van der Waals surface area contributed by atoms with Crippen LogP contribution >= 0.6 is 0 Å². The number of nitrogens with one attached hydrogen (secondary N) is 2. The molecule has 5 N–H and O–H groups in total. The van der Waals surface area contributed by atoms with Crippen molar-refractivity contribution in [2.45, 2.75) is 46.5 Å². The van der Waals surface area contributed by atoms with E-state index in [4.69, 9.17) is 10.8 Å². The molecule has 0 saturated carbocycles. The fourth-order valence-electron chi connectivity index (χ4n) is 1.72. The molecule has 0 aromatic carbocycles. The number of carbonyl (C=O) groups is 3. The van der Waals surface area contributed by atoms with E-state index in [1.165, 1.54) is 0 Å². The van der Waals surface area contributed by atoms with Gasteiger partial charge in [-0.05, 0) is 32.6 Å². The van der Waals surface area contributed by atoms with Crippen molar-refractivity contribution in [3.8, 4) is 0 Å². The molecule has 7 heteroatoms. The van der Waals surface area contributed by atoms with Crippen LogP contribution in [0.2, 0.25) is 0 Å². The van der Waals surface area contributed by atoms with Crippen molar-refractivity contribution in [3.63, 3.8) is 0 Å². The molecule has 0 aromatic rings. The van der Waals surface area contributed by atoms with E-state index < -0.39 is 17.3 Å². The van der Waals surface area contributed by atoms with Crippen molar-refractivity contribution >= 4 is 17.9 Å². The van der Waals surface area contributed by atoms with Crippen molar-refractivity contribution in [3.05, 3.63) is 0 Å². The molecule has 0 aromatic heterocycles. The van der Waals surface area contributed by atoms with E-state index in [0.29, 0.717) is 13.0 Å². The Morgan fingerprint density at radius 2 is 1.81 bits per heavy atom. The average molecular weight is 301 g/mol. The van der Waals surface area contributed by atoms with Crippen LogP contribution in [0.1, 0.15) is 46.5 Å². The quantitative estimate of drug-likeness (QED) is 0.482. The summed E-state index contributed by atoms with van der Waals surface area (Å²) >= 11 is 0. The minimum atomic E-state index is -0.798. The molecule has 0 aliphatic carbocycles. The number of nitrogens with two attached hydrogens (primary N) is 1. The van der Waals surface area contributed by atoms with Gasteiger partial charge in [0.05, 0.1) is 5.41 Å². The normalized spacial score (nSPS) is 12.5. The summed E-state index contributed by atoms with van der Waals surface area (Å²) in [5, 5.41) is 13.9. The first-order valence-electron chi connectivity index (χ1n) is 7.22. The summed E-state index contributed by atoms with van der Waals surface area (Å²) in [7, 11) is 0. The van der Waals surface area contributed by atoms with Crippen LogP contribution in [0.15, 0.2) is 0 Å². The van der Waals surface area contributed by atoms with Gasteiger partial charge in [0, 0.05) is 19.5 Å². The van der Waals surface area contributed by atoms with Gasteiger partial charge in [0.25, 0.3) is 0 Å². The molecular formula is C14H27N3O4. The van der Waals surface area contributed by atoms with Crippen LogP contribution in [-0.2, 0) is 9.59 Å². The second-order valence-corrected chi connectivity index (χ2v) is 5.85. The summed E-state index contributed by atoms with van der Waals surface area (Å²) in [4.78, 5) is 33.2. The summed E-state index contributed by atoms with van der Waals surface area (Å²) in [5.41, 5.74) is 4.43. The Labute approximate surface area is 125 Å². The molecule has 0 radical (unpaired) electrons. The van der Waals surface area contributed by atoms with E-state index in [1.54, 1.807) is 13.8 Å². The number of urea groups is 1. The number of hydrogen-bond acceptors (Lipinski definition) is 3. The average Bonchev–Trinajstić information content (AvgIpc) is 2.40. The molecular weight excluding hydrogens is 274 g/mol. The van der Waals surface area contributed by atoms with E-state index in [9.17, 15) is 14.4 Å². The Hall–Kier alpha value is -1.79. The van der Waals surface area contributed by atoms with E-state index in [1.807, 2.05) is 6.92 Å². The first-order valence-corrected chi connectivity index (χ1v) is 7.22. The molecule has 7 nitrogen and oxygen atoms in total. The van der Waals surface area contributed by atoms with Gasteiger partial charge < -0.3 is 21.5 Å². The van der Waals surface area contributed by atoms with Crippen LogP contribution in [-0.4, -0.2) is 36.1 Å². The third-order valence-corrected chi connectivity index (χ3v) is 3.54. The fourth-order valence-corrected chi connectivity index (χ4v) is 1.72. The van der Waals surface area contributed by atoms with Crippen molar-refractivity contribution in [2.24, 2.45) is 17.1 Å². The van der Waals surface area contributed by atoms with Crippen LogP contribution in [0.4, 0.5) is 4.79 Å². The maximum atomic E-state index is 11.6. The van der Waals surface area contributed by atoms with Crippen LogP contribution in [0.5, 0.6) is 0 Å². The zero-order valence-corrected chi connectivity index (χ0v) is 13.1. The maximum Gasteiger partial charge on any atom is 0.314 e. The lowest BCUT2D eigenvalue weighted by molar-refractivity contribution is -0.137. The Morgan fingerprint density at radius 3 is 2.29 bits per heavy atom. The summed E-state index contributed by atoms with van der Waals surface area (Å²) in [6.07, 6.45) is 2.38. The second-order valence-electron chi connectivity index (χ2n) is 5.85. The Bertz CT molecular complexity index is 369. The van der Waals surface area contributed by atoms with Crippen molar-refractivity contribution in [1.82, 2.24) is 10.6 Å².